The molecule has 0 saturated heterocycles. The zero-order chi connectivity index (χ0) is 9.26. The van der Waals surface area contributed by atoms with Crippen LogP contribution < -0.4 is 0 Å². The van der Waals surface area contributed by atoms with E-state index in [-0.39, 0.29) is 6.79 Å². The minimum atomic E-state index is -0.477. The lowest BCUT2D eigenvalue weighted by atomic mass is 10.1. The second kappa shape index (κ2) is 2.90. The average Bonchev–Trinajstić information content (AvgIpc) is 2.16. The van der Waals surface area contributed by atoms with E-state index in [2.05, 4.69) is 9.47 Å². The van der Waals surface area contributed by atoms with Crippen LogP contribution in [0.4, 0.5) is 0 Å². The standard InChI is InChI=1S/C9H6O4/c10-8-6-2-1-3-7(4-6)9(11)13-5-12-8/h1-4H,5H2. The molecule has 66 valence electrons. The van der Waals surface area contributed by atoms with Gasteiger partial charge in [-0.25, -0.2) is 9.59 Å². The minimum Gasteiger partial charge on any atom is -0.424 e. The molecule has 0 unspecified atom stereocenters. The van der Waals surface area contributed by atoms with E-state index in [9.17, 15) is 9.59 Å². The third kappa shape index (κ3) is 1.38. The Labute approximate surface area is 74.1 Å². The van der Waals surface area contributed by atoms with Gasteiger partial charge in [0.25, 0.3) is 0 Å². The van der Waals surface area contributed by atoms with Crippen molar-refractivity contribution in [3.8, 4) is 0 Å². The van der Waals surface area contributed by atoms with Crippen molar-refractivity contribution in [1.82, 2.24) is 0 Å². The summed E-state index contributed by atoms with van der Waals surface area (Å²) in [6.45, 7) is -0.319. The first-order valence-corrected chi connectivity index (χ1v) is 3.72. The summed E-state index contributed by atoms with van der Waals surface area (Å²) in [6.07, 6.45) is 0. The molecule has 0 N–H and O–H groups in total. The number of rotatable bonds is 0. The largest absolute Gasteiger partial charge is 0.424 e. The van der Waals surface area contributed by atoms with Gasteiger partial charge in [0.2, 0.25) is 6.79 Å². The molecule has 0 spiro atoms. The number of esters is 2. The monoisotopic (exact) mass is 178 g/mol. The molecule has 0 aliphatic carbocycles. The first kappa shape index (κ1) is 7.79. The van der Waals surface area contributed by atoms with Crippen LogP contribution in [0, 0.1) is 0 Å². The molecule has 1 aliphatic rings. The summed E-state index contributed by atoms with van der Waals surface area (Å²) in [6, 6.07) is 6.23. The molecule has 4 nitrogen and oxygen atoms in total. The third-order valence-electron chi connectivity index (χ3n) is 1.71. The maximum absolute atomic E-state index is 11.1. The van der Waals surface area contributed by atoms with Crippen molar-refractivity contribution in [3.63, 3.8) is 0 Å². The molecule has 0 aromatic heterocycles. The van der Waals surface area contributed by atoms with Crippen molar-refractivity contribution in [2.24, 2.45) is 0 Å². The number of benzene rings is 1. The van der Waals surface area contributed by atoms with Crippen molar-refractivity contribution in [1.29, 1.82) is 0 Å². The van der Waals surface area contributed by atoms with Crippen molar-refractivity contribution in [3.05, 3.63) is 35.4 Å². The van der Waals surface area contributed by atoms with Crippen LogP contribution >= 0.6 is 0 Å². The molecule has 4 heteroatoms. The van der Waals surface area contributed by atoms with E-state index in [0.717, 1.165) is 0 Å². The molecular formula is C9H6O4. The molecule has 1 aromatic carbocycles. The van der Waals surface area contributed by atoms with Gasteiger partial charge in [-0.3, -0.25) is 0 Å². The molecule has 0 radical (unpaired) electrons. The van der Waals surface area contributed by atoms with Crippen LogP contribution in [0.1, 0.15) is 20.7 Å². The number of cyclic esters (lactones) is 2. The lowest BCUT2D eigenvalue weighted by Crippen LogP contribution is -2.17. The number of hydrogen-bond acceptors (Lipinski definition) is 4. The lowest BCUT2D eigenvalue weighted by molar-refractivity contribution is -0.0179. The second-order valence-electron chi connectivity index (χ2n) is 2.56. The van der Waals surface area contributed by atoms with Gasteiger partial charge in [-0.05, 0) is 18.2 Å². The summed E-state index contributed by atoms with van der Waals surface area (Å²) >= 11 is 0. The van der Waals surface area contributed by atoms with Crippen LogP contribution in [0.2, 0.25) is 0 Å². The summed E-state index contributed by atoms with van der Waals surface area (Å²) in [5.41, 5.74) is 0.739. The number of carbonyl (C=O) groups excluding carboxylic acids is 2. The Morgan fingerprint density at radius 2 is 1.54 bits per heavy atom. The predicted molar refractivity (Wildman–Crippen MR) is 42.1 cm³/mol. The molecule has 0 amide bonds. The average molecular weight is 178 g/mol. The lowest BCUT2D eigenvalue weighted by Gasteiger charge is -2.10. The summed E-state index contributed by atoms with van der Waals surface area (Å²) in [4.78, 5) is 22.2. The van der Waals surface area contributed by atoms with E-state index in [1.165, 1.54) is 6.07 Å². The van der Waals surface area contributed by atoms with Crippen LogP contribution in [0.25, 0.3) is 0 Å². The molecule has 13 heavy (non-hydrogen) atoms. The topological polar surface area (TPSA) is 52.6 Å². The number of carbonyl (C=O) groups is 2. The van der Waals surface area contributed by atoms with E-state index in [1.807, 2.05) is 0 Å². The predicted octanol–water partition coefficient (Wildman–Crippen LogP) is 0.971. The fourth-order valence-corrected chi connectivity index (χ4v) is 1.08. The number of fused-ring (bicyclic) bond motifs is 2. The molecule has 0 saturated carbocycles. The van der Waals surface area contributed by atoms with E-state index >= 15 is 0 Å². The van der Waals surface area contributed by atoms with E-state index in [4.69, 9.17) is 0 Å². The smallest absolute Gasteiger partial charge is 0.341 e. The molecule has 1 aromatic rings. The van der Waals surface area contributed by atoms with Gasteiger partial charge in [-0.1, -0.05) is 6.07 Å². The molecular weight excluding hydrogens is 172 g/mol. The van der Waals surface area contributed by atoms with E-state index in [0.29, 0.717) is 11.1 Å². The van der Waals surface area contributed by atoms with Crippen LogP contribution in [-0.2, 0) is 9.47 Å². The molecule has 2 bridgehead atoms. The molecule has 1 heterocycles. The number of ether oxygens (including phenoxy) is 2. The summed E-state index contributed by atoms with van der Waals surface area (Å²) in [7, 11) is 0. The van der Waals surface area contributed by atoms with Crippen molar-refractivity contribution < 1.29 is 19.1 Å². The van der Waals surface area contributed by atoms with Gasteiger partial charge in [0.1, 0.15) is 0 Å². The Bertz CT molecular complexity index is 338. The van der Waals surface area contributed by atoms with Gasteiger partial charge in [-0.2, -0.15) is 0 Å². The maximum Gasteiger partial charge on any atom is 0.341 e. The highest BCUT2D eigenvalue weighted by atomic mass is 16.7. The zero-order valence-electron chi connectivity index (χ0n) is 6.65. The van der Waals surface area contributed by atoms with Gasteiger partial charge in [0.15, 0.2) is 0 Å². The Balaban J connectivity index is 2.51. The molecule has 2 rings (SSSR count). The van der Waals surface area contributed by atoms with Crippen LogP contribution in [0.15, 0.2) is 24.3 Å². The van der Waals surface area contributed by atoms with Gasteiger partial charge in [-0.15, -0.1) is 0 Å². The first-order chi connectivity index (χ1) is 6.27. The number of hydrogen-bond donors (Lipinski definition) is 0. The Morgan fingerprint density at radius 3 is 2.08 bits per heavy atom. The fraction of sp³-hybridized carbons (Fsp3) is 0.111. The SMILES string of the molecule is O=C1OCOC(=O)c2cccc1c2. The van der Waals surface area contributed by atoms with E-state index < -0.39 is 11.9 Å². The van der Waals surface area contributed by atoms with Crippen LogP contribution in [-0.4, -0.2) is 18.7 Å². The maximum atomic E-state index is 11.1. The van der Waals surface area contributed by atoms with Crippen LogP contribution in [0.5, 0.6) is 0 Å². The second-order valence-corrected chi connectivity index (χ2v) is 2.56. The van der Waals surface area contributed by atoms with Crippen molar-refractivity contribution in [2.45, 2.75) is 0 Å². The molecule has 1 aliphatic heterocycles. The van der Waals surface area contributed by atoms with Gasteiger partial charge in [0, 0.05) is 0 Å². The van der Waals surface area contributed by atoms with Crippen molar-refractivity contribution in [2.75, 3.05) is 6.79 Å². The Hall–Kier alpha value is -1.84. The Morgan fingerprint density at radius 1 is 1.00 bits per heavy atom. The van der Waals surface area contributed by atoms with Crippen molar-refractivity contribution >= 4 is 11.9 Å². The fourth-order valence-electron chi connectivity index (χ4n) is 1.08. The zero-order valence-corrected chi connectivity index (χ0v) is 6.65. The normalized spacial score (nSPS) is 15.4. The molecule has 0 fully saturated rings. The van der Waals surface area contributed by atoms with Gasteiger partial charge < -0.3 is 9.47 Å². The van der Waals surface area contributed by atoms with Gasteiger partial charge >= 0.3 is 11.9 Å². The summed E-state index contributed by atoms with van der Waals surface area (Å²) in [5.74, 6) is -0.955. The highest BCUT2D eigenvalue weighted by Crippen LogP contribution is 2.11. The van der Waals surface area contributed by atoms with E-state index in [1.54, 1.807) is 18.2 Å². The minimum absolute atomic E-state index is 0.319. The Kier molecular flexibility index (Phi) is 1.73. The highest BCUT2D eigenvalue weighted by Gasteiger charge is 2.16. The van der Waals surface area contributed by atoms with Gasteiger partial charge in [0.05, 0.1) is 11.1 Å². The summed E-state index contributed by atoms with van der Waals surface area (Å²) < 4.78 is 9.22. The first-order valence-electron chi connectivity index (χ1n) is 3.72. The van der Waals surface area contributed by atoms with Crippen LogP contribution in [0.3, 0.4) is 0 Å². The third-order valence-corrected chi connectivity index (χ3v) is 1.71. The highest BCUT2D eigenvalue weighted by molar-refractivity contribution is 5.96. The summed E-state index contributed by atoms with van der Waals surface area (Å²) in [5, 5.41) is 0. The quantitative estimate of drug-likeness (QED) is 0.555. The molecule has 0 atom stereocenters.